The van der Waals surface area contributed by atoms with Crippen molar-refractivity contribution in [3.63, 3.8) is 0 Å². The highest BCUT2D eigenvalue weighted by Gasteiger charge is 2.33. The van der Waals surface area contributed by atoms with Crippen molar-refractivity contribution in [1.82, 2.24) is 9.88 Å². The molecular weight excluding hydrogens is 344 g/mol. The van der Waals surface area contributed by atoms with Gasteiger partial charge < -0.3 is 9.64 Å². The second-order valence-corrected chi connectivity index (χ2v) is 6.41. The molecule has 0 N–H and O–H groups in total. The smallest absolute Gasteiger partial charge is 0.257 e. The molecule has 1 heterocycles. The van der Waals surface area contributed by atoms with E-state index in [4.69, 9.17) is 16.3 Å². The van der Waals surface area contributed by atoms with E-state index >= 15 is 0 Å². The van der Waals surface area contributed by atoms with Gasteiger partial charge in [-0.3, -0.25) is 4.79 Å². The summed E-state index contributed by atoms with van der Waals surface area (Å²) >= 11 is 9.36. The number of rotatable bonds is 6. The normalized spacial score (nSPS) is 14.7. The van der Waals surface area contributed by atoms with Gasteiger partial charge in [0.25, 0.3) is 5.91 Å². The average Bonchev–Trinajstić information content (AvgIpc) is 3.21. The van der Waals surface area contributed by atoms with Crippen LogP contribution in [0, 0.1) is 0 Å². The lowest BCUT2D eigenvalue weighted by molar-refractivity contribution is 0.0466. The van der Waals surface area contributed by atoms with Crippen LogP contribution in [0.5, 0.6) is 0 Å². The van der Waals surface area contributed by atoms with Crippen LogP contribution < -0.4 is 0 Å². The Bertz CT molecular complexity index is 492. The molecule has 0 aliphatic heterocycles. The van der Waals surface area contributed by atoms with Crippen molar-refractivity contribution >= 4 is 33.4 Å². The van der Waals surface area contributed by atoms with Crippen molar-refractivity contribution in [2.75, 3.05) is 13.2 Å². The molecule has 110 valence electrons. The molecule has 0 radical (unpaired) electrons. The fourth-order valence-electron chi connectivity index (χ4n) is 1.95. The lowest BCUT2D eigenvalue weighted by Gasteiger charge is -2.23. The lowest BCUT2D eigenvalue weighted by atomic mass is 10.2. The third kappa shape index (κ3) is 4.17. The fraction of sp³-hybridized carbons (Fsp3) is 0.571. The number of nitrogens with zero attached hydrogens (tertiary/aromatic N) is 2. The van der Waals surface area contributed by atoms with Crippen molar-refractivity contribution in [3.05, 3.63) is 27.5 Å². The molecule has 0 atom stereocenters. The molecule has 0 unspecified atom stereocenters. The Morgan fingerprint density at radius 3 is 2.90 bits per heavy atom. The predicted octanol–water partition coefficient (Wildman–Crippen LogP) is 3.53. The summed E-state index contributed by atoms with van der Waals surface area (Å²) in [6.45, 7) is 5.10. The van der Waals surface area contributed by atoms with Crippen molar-refractivity contribution < 1.29 is 9.53 Å². The minimum atomic E-state index is -0.0707. The number of carbonyl (C=O) groups is 1. The zero-order chi connectivity index (χ0) is 14.7. The topological polar surface area (TPSA) is 42.4 Å². The standard InChI is InChI=1S/C14H18BrClN2O2/c1-9(2)20-6-5-18(11-3-4-11)14(19)12-7-10(15)8-17-13(12)16/h7-9,11H,3-6H2,1-2H3. The summed E-state index contributed by atoms with van der Waals surface area (Å²) in [5.41, 5.74) is 0.442. The first-order valence-electron chi connectivity index (χ1n) is 6.72. The van der Waals surface area contributed by atoms with E-state index in [1.807, 2.05) is 18.7 Å². The van der Waals surface area contributed by atoms with Crippen LogP contribution in [0.3, 0.4) is 0 Å². The molecule has 0 spiro atoms. The number of hydrogen-bond donors (Lipinski definition) is 0. The molecule has 1 fully saturated rings. The molecule has 2 rings (SSSR count). The van der Waals surface area contributed by atoms with E-state index < -0.39 is 0 Å². The molecule has 1 saturated carbocycles. The van der Waals surface area contributed by atoms with Gasteiger partial charge in [0.1, 0.15) is 5.15 Å². The molecule has 0 bridgehead atoms. The van der Waals surface area contributed by atoms with Crippen LogP contribution in [0.1, 0.15) is 37.0 Å². The number of hydrogen-bond acceptors (Lipinski definition) is 3. The van der Waals surface area contributed by atoms with Crippen LogP contribution in [0.4, 0.5) is 0 Å². The van der Waals surface area contributed by atoms with Gasteiger partial charge in [-0.2, -0.15) is 0 Å². The Morgan fingerprint density at radius 2 is 2.30 bits per heavy atom. The Morgan fingerprint density at radius 1 is 1.60 bits per heavy atom. The summed E-state index contributed by atoms with van der Waals surface area (Å²) in [6, 6.07) is 2.03. The molecule has 20 heavy (non-hydrogen) atoms. The number of pyridine rings is 1. The molecule has 1 aromatic heterocycles. The highest BCUT2D eigenvalue weighted by molar-refractivity contribution is 9.10. The number of amides is 1. The first kappa shape index (κ1) is 15.7. The molecule has 4 nitrogen and oxygen atoms in total. The third-order valence-corrected chi connectivity index (χ3v) is 3.80. The molecule has 1 aromatic rings. The van der Waals surface area contributed by atoms with Gasteiger partial charge in [0.05, 0.1) is 18.3 Å². The number of carbonyl (C=O) groups excluding carboxylic acids is 1. The highest BCUT2D eigenvalue weighted by Crippen LogP contribution is 2.29. The van der Waals surface area contributed by atoms with Gasteiger partial charge in [0.15, 0.2) is 0 Å². The summed E-state index contributed by atoms with van der Waals surface area (Å²) in [5, 5.41) is 0.244. The molecule has 0 saturated heterocycles. The van der Waals surface area contributed by atoms with Crippen molar-refractivity contribution in [1.29, 1.82) is 0 Å². The Labute approximate surface area is 132 Å². The average molecular weight is 362 g/mol. The Hall–Kier alpha value is -0.650. The van der Waals surface area contributed by atoms with Crippen molar-refractivity contribution in [2.45, 2.75) is 38.8 Å². The van der Waals surface area contributed by atoms with Gasteiger partial charge in [-0.25, -0.2) is 4.98 Å². The molecule has 1 amide bonds. The van der Waals surface area contributed by atoms with E-state index in [2.05, 4.69) is 20.9 Å². The molecule has 1 aliphatic rings. The van der Waals surface area contributed by atoms with Crippen molar-refractivity contribution in [2.24, 2.45) is 0 Å². The van der Waals surface area contributed by atoms with Gasteiger partial charge in [-0.05, 0) is 48.7 Å². The molecule has 6 heteroatoms. The first-order valence-corrected chi connectivity index (χ1v) is 7.89. The molecular formula is C14H18BrClN2O2. The summed E-state index contributed by atoms with van der Waals surface area (Å²) < 4.78 is 6.29. The van der Waals surface area contributed by atoms with Crippen LogP contribution in [-0.4, -0.2) is 41.1 Å². The van der Waals surface area contributed by atoms with E-state index in [1.54, 1.807) is 12.3 Å². The summed E-state index contributed by atoms with van der Waals surface area (Å²) in [7, 11) is 0. The van der Waals surface area contributed by atoms with Gasteiger partial charge in [-0.1, -0.05) is 11.6 Å². The van der Waals surface area contributed by atoms with Crippen molar-refractivity contribution in [3.8, 4) is 0 Å². The minimum absolute atomic E-state index is 0.0707. The largest absolute Gasteiger partial charge is 0.377 e. The van der Waals surface area contributed by atoms with E-state index in [0.29, 0.717) is 24.8 Å². The molecule has 0 aromatic carbocycles. The summed E-state index contributed by atoms with van der Waals surface area (Å²) in [6.07, 6.45) is 3.85. The Kier molecular flexibility index (Phi) is 5.41. The van der Waals surface area contributed by atoms with E-state index in [-0.39, 0.29) is 17.2 Å². The Balaban J connectivity index is 2.08. The van der Waals surface area contributed by atoms with Crippen LogP contribution >= 0.6 is 27.5 Å². The van der Waals surface area contributed by atoms with E-state index in [0.717, 1.165) is 17.3 Å². The second-order valence-electron chi connectivity index (χ2n) is 5.14. The van der Waals surface area contributed by atoms with E-state index in [9.17, 15) is 4.79 Å². The van der Waals surface area contributed by atoms with Gasteiger partial charge in [-0.15, -0.1) is 0 Å². The fourth-order valence-corrected chi connectivity index (χ4v) is 2.47. The maximum Gasteiger partial charge on any atom is 0.257 e. The second kappa shape index (κ2) is 6.87. The lowest BCUT2D eigenvalue weighted by Crippen LogP contribution is -2.36. The third-order valence-electron chi connectivity index (χ3n) is 3.07. The van der Waals surface area contributed by atoms with E-state index in [1.165, 1.54) is 0 Å². The highest BCUT2D eigenvalue weighted by atomic mass is 79.9. The monoisotopic (exact) mass is 360 g/mol. The van der Waals surface area contributed by atoms with Crippen LogP contribution in [0.2, 0.25) is 5.15 Å². The number of ether oxygens (including phenoxy) is 1. The van der Waals surface area contributed by atoms with Gasteiger partial charge >= 0.3 is 0 Å². The van der Waals surface area contributed by atoms with Crippen LogP contribution in [0.15, 0.2) is 16.7 Å². The van der Waals surface area contributed by atoms with Crippen LogP contribution in [-0.2, 0) is 4.74 Å². The zero-order valence-electron chi connectivity index (χ0n) is 11.6. The maximum atomic E-state index is 12.6. The van der Waals surface area contributed by atoms with Gasteiger partial charge in [0.2, 0.25) is 0 Å². The minimum Gasteiger partial charge on any atom is -0.377 e. The molecule has 1 aliphatic carbocycles. The van der Waals surface area contributed by atoms with Crippen LogP contribution in [0.25, 0.3) is 0 Å². The SMILES string of the molecule is CC(C)OCCN(C(=O)c1cc(Br)cnc1Cl)C1CC1. The summed E-state index contributed by atoms with van der Waals surface area (Å²) in [5.74, 6) is -0.0707. The summed E-state index contributed by atoms with van der Waals surface area (Å²) in [4.78, 5) is 18.5. The maximum absolute atomic E-state index is 12.6. The number of aromatic nitrogens is 1. The first-order chi connectivity index (χ1) is 9.49. The predicted molar refractivity (Wildman–Crippen MR) is 82.1 cm³/mol. The quantitative estimate of drug-likeness (QED) is 0.728. The number of halogens is 2. The van der Waals surface area contributed by atoms with Gasteiger partial charge in [0, 0.05) is 23.3 Å². The zero-order valence-corrected chi connectivity index (χ0v) is 13.9.